The molecule has 3 N–H and O–H groups in total. The van der Waals surface area contributed by atoms with Crippen molar-refractivity contribution in [2.75, 3.05) is 11.4 Å². The van der Waals surface area contributed by atoms with Gasteiger partial charge >= 0.3 is 0 Å². The van der Waals surface area contributed by atoms with Gasteiger partial charge in [-0.25, -0.2) is 0 Å². The van der Waals surface area contributed by atoms with Crippen molar-refractivity contribution in [3.05, 3.63) is 42.1 Å². The van der Waals surface area contributed by atoms with Crippen LogP contribution in [0.4, 0.5) is 5.69 Å². The average Bonchev–Trinajstić information content (AvgIpc) is 2.85. The van der Waals surface area contributed by atoms with E-state index in [0.717, 1.165) is 4.31 Å². The third-order valence-electron chi connectivity index (χ3n) is 2.92. The molecule has 0 atom stereocenters. The normalized spacial score (nSPS) is 11.3. The van der Waals surface area contributed by atoms with E-state index in [1.54, 1.807) is 31.3 Å². The zero-order chi connectivity index (χ0) is 14.9. The van der Waals surface area contributed by atoms with Gasteiger partial charge in [0.1, 0.15) is 5.84 Å². The molecule has 1 aromatic carbocycles. The summed E-state index contributed by atoms with van der Waals surface area (Å²) in [6, 6.07) is 7.93. The maximum atomic E-state index is 12.5. The lowest BCUT2D eigenvalue weighted by Gasteiger charge is -2.19. The third-order valence-corrected chi connectivity index (χ3v) is 4.78. The number of nitrogens with zero attached hydrogens (tertiary/aromatic N) is 3. The van der Waals surface area contributed by atoms with Gasteiger partial charge in [0, 0.05) is 19.7 Å². The highest BCUT2D eigenvalue weighted by Crippen LogP contribution is 2.22. The maximum absolute atomic E-state index is 12.5. The fourth-order valence-electron chi connectivity index (χ4n) is 1.76. The Morgan fingerprint density at radius 3 is 2.65 bits per heavy atom. The molecule has 0 aliphatic carbocycles. The monoisotopic (exact) mass is 293 g/mol. The molecule has 0 unspecified atom stereocenters. The van der Waals surface area contributed by atoms with Gasteiger partial charge in [0.05, 0.1) is 11.9 Å². The molecule has 0 amide bonds. The number of hydrogen-bond acceptors (Lipinski definition) is 4. The van der Waals surface area contributed by atoms with Crippen molar-refractivity contribution in [3.8, 4) is 0 Å². The number of aromatic nitrogens is 2. The number of rotatable bonds is 4. The van der Waals surface area contributed by atoms with Crippen LogP contribution in [-0.4, -0.2) is 31.1 Å². The van der Waals surface area contributed by atoms with Crippen LogP contribution < -0.4 is 10.0 Å². The molecule has 0 spiro atoms. The molecule has 1 aromatic heterocycles. The number of anilines is 1. The summed E-state index contributed by atoms with van der Waals surface area (Å²) >= 11 is 0. The van der Waals surface area contributed by atoms with E-state index in [0.29, 0.717) is 11.3 Å². The van der Waals surface area contributed by atoms with Crippen LogP contribution in [-0.2, 0) is 17.1 Å². The Bertz CT molecular complexity index is 751. The third kappa shape index (κ3) is 2.37. The van der Waals surface area contributed by atoms with Crippen molar-refractivity contribution >= 4 is 21.5 Å². The summed E-state index contributed by atoms with van der Waals surface area (Å²) in [5.74, 6) is -0.113. The van der Waals surface area contributed by atoms with Gasteiger partial charge in [-0.15, -0.1) is 0 Å². The predicted molar refractivity (Wildman–Crippen MR) is 76.3 cm³/mol. The minimum atomic E-state index is -3.70. The molecule has 8 heteroatoms. The van der Waals surface area contributed by atoms with Crippen LogP contribution in [0.1, 0.15) is 5.56 Å². The van der Waals surface area contributed by atoms with Gasteiger partial charge in [0.2, 0.25) is 0 Å². The minimum Gasteiger partial charge on any atom is -0.384 e. The van der Waals surface area contributed by atoms with E-state index < -0.39 is 10.0 Å². The Hall–Kier alpha value is -2.35. The number of hydrogen-bond donors (Lipinski definition) is 2. The summed E-state index contributed by atoms with van der Waals surface area (Å²) in [5, 5.41) is 11.4. The van der Waals surface area contributed by atoms with E-state index >= 15 is 0 Å². The zero-order valence-electron chi connectivity index (χ0n) is 11.1. The number of benzene rings is 1. The largest absolute Gasteiger partial charge is 0.384 e. The van der Waals surface area contributed by atoms with Crippen LogP contribution in [0.2, 0.25) is 0 Å². The molecule has 0 saturated heterocycles. The molecule has 0 radical (unpaired) electrons. The number of sulfonamides is 1. The smallest absolute Gasteiger partial charge is 0.281 e. The number of amidine groups is 1. The van der Waals surface area contributed by atoms with Gasteiger partial charge in [-0.1, -0.05) is 12.1 Å². The van der Waals surface area contributed by atoms with Gasteiger partial charge in [0.15, 0.2) is 5.03 Å². The van der Waals surface area contributed by atoms with Crippen molar-refractivity contribution in [3.63, 3.8) is 0 Å². The first-order valence-electron chi connectivity index (χ1n) is 5.75. The lowest BCUT2D eigenvalue weighted by atomic mass is 10.2. The van der Waals surface area contributed by atoms with Crippen LogP contribution in [0.25, 0.3) is 0 Å². The Morgan fingerprint density at radius 1 is 1.40 bits per heavy atom. The van der Waals surface area contributed by atoms with Crippen LogP contribution in [0.15, 0.2) is 41.6 Å². The van der Waals surface area contributed by atoms with Crippen LogP contribution >= 0.6 is 0 Å². The zero-order valence-corrected chi connectivity index (χ0v) is 11.9. The molecule has 0 fully saturated rings. The first kappa shape index (κ1) is 14.1. The van der Waals surface area contributed by atoms with Crippen LogP contribution in [0.5, 0.6) is 0 Å². The minimum absolute atomic E-state index is 0.0910. The first-order chi connectivity index (χ1) is 9.34. The molecule has 0 bridgehead atoms. The lowest BCUT2D eigenvalue weighted by Crippen LogP contribution is -2.28. The van der Waals surface area contributed by atoms with E-state index in [-0.39, 0.29) is 10.9 Å². The standard InChI is InChI=1S/C12H15N5O2S/c1-16-11(6-7-15-16)20(18,19)17(2)10-5-3-4-9(8-10)12(13)14/h3-8H,1-2H3,(H3,13,14). The molecular weight excluding hydrogens is 278 g/mol. The highest BCUT2D eigenvalue weighted by Gasteiger charge is 2.24. The van der Waals surface area contributed by atoms with Crippen molar-refractivity contribution in [2.45, 2.75) is 5.03 Å². The summed E-state index contributed by atoms with van der Waals surface area (Å²) in [7, 11) is -0.691. The van der Waals surface area contributed by atoms with Crippen LogP contribution in [0.3, 0.4) is 0 Å². The summed E-state index contributed by atoms with van der Waals surface area (Å²) in [6.07, 6.45) is 1.42. The summed E-state index contributed by atoms with van der Waals surface area (Å²) in [6.45, 7) is 0. The average molecular weight is 293 g/mol. The lowest BCUT2D eigenvalue weighted by molar-refractivity contribution is 0.575. The Kier molecular flexibility index (Phi) is 3.49. The first-order valence-corrected chi connectivity index (χ1v) is 7.19. The molecule has 2 rings (SSSR count). The van der Waals surface area contributed by atoms with E-state index in [1.165, 1.54) is 24.0 Å². The Balaban J connectivity index is 2.46. The van der Waals surface area contributed by atoms with E-state index in [4.69, 9.17) is 11.1 Å². The second-order valence-electron chi connectivity index (χ2n) is 4.23. The summed E-state index contributed by atoms with van der Waals surface area (Å²) in [4.78, 5) is 0. The summed E-state index contributed by atoms with van der Waals surface area (Å²) < 4.78 is 27.4. The van der Waals surface area contributed by atoms with Crippen molar-refractivity contribution in [1.82, 2.24) is 9.78 Å². The van der Waals surface area contributed by atoms with Gasteiger partial charge in [-0.3, -0.25) is 14.4 Å². The topological polar surface area (TPSA) is 105 Å². The Labute approximate surface area is 117 Å². The highest BCUT2D eigenvalue weighted by molar-refractivity contribution is 7.92. The molecule has 0 aliphatic rings. The SMILES string of the molecule is CN(c1cccc(C(=N)N)c1)S(=O)(=O)c1ccnn1C. The van der Waals surface area contributed by atoms with E-state index in [9.17, 15) is 8.42 Å². The Morgan fingerprint density at radius 2 is 2.10 bits per heavy atom. The molecule has 0 aliphatic heterocycles. The molecule has 106 valence electrons. The van der Waals surface area contributed by atoms with Gasteiger partial charge in [0.25, 0.3) is 10.0 Å². The number of aryl methyl sites for hydroxylation is 1. The van der Waals surface area contributed by atoms with E-state index in [1.807, 2.05) is 0 Å². The van der Waals surface area contributed by atoms with Gasteiger partial charge in [-0.05, 0) is 18.2 Å². The number of nitrogen functional groups attached to an aromatic ring is 1. The number of nitrogens with two attached hydrogens (primary N) is 1. The highest BCUT2D eigenvalue weighted by atomic mass is 32.2. The van der Waals surface area contributed by atoms with Gasteiger partial charge in [-0.2, -0.15) is 13.5 Å². The van der Waals surface area contributed by atoms with Crippen LogP contribution in [0, 0.1) is 5.41 Å². The fourth-order valence-corrected chi connectivity index (χ4v) is 3.05. The van der Waals surface area contributed by atoms with E-state index in [2.05, 4.69) is 5.10 Å². The quantitative estimate of drug-likeness (QED) is 0.633. The second kappa shape index (κ2) is 4.97. The van der Waals surface area contributed by atoms with Crippen molar-refractivity contribution in [2.24, 2.45) is 12.8 Å². The van der Waals surface area contributed by atoms with Crippen molar-refractivity contribution in [1.29, 1.82) is 5.41 Å². The molecule has 7 nitrogen and oxygen atoms in total. The fraction of sp³-hybridized carbons (Fsp3) is 0.167. The van der Waals surface area contributed by atoms with Gasteiger partial charge < -0.3 is 5.73 Å². The summed E-state index contributed by atoms with van der Waals surface area (Å²) in [5.41, 5.74) is 6.31. The maximum Gasteiger partial charge on any atom is 0.281 e. The predicted octanol–water partition coefficient (Wildman–Crippen LogP) is 0.529. The molecule has 2 aromatic rings. The molecule has 1 heterocycles. The second-order valence-corrected chi connectivity index (χ2v) is 6.15. The number of nitrogens with one attached hydrogen (secondary N) is 1. The molecule has 0 saturated carbocycles. The van der Waals surface area contributed by atoms with Crippen molar-refractivity contribution < 1.29 is 8.42 Å². The molecule has 20 heavy (non-hydrogen) atoms. The molecular formula is C12H15N5O2S.